The summed E-state index contributed by atoms with van der Waals surface area (Å²) in [5.41, 5.74) is 1.66. The molecule has 4 nitrogen and oxygen atoms in total. The van der Waals surface area contributed by atoms with Crippen LogP contribution in [0.15, 0.2) is 6.08 Å². The zero-order valence-electron chi connectivity index (χ0n) is 12.7. The molecule has 1 aromatic heterocycles. The average Bonchev–Trinajstić information content (AvgIpc) is 2.62. The van der Waals surface area contributed by atoms with Gasteiger partial charge in [0, 0.05) is 24.7 Å². The minimum atomic E-state index is -0.0921. The highest BCUT2D eigenvalue weighted by molar-refractivity contribution is 6.31. The Kier molecular flexibility index (Phi) is 6.79. The molecule has 1 rings (SSSR count). The number of amides is 1. The average molecular weight is 298 g/mol. The second kappa shape index (κ2) is 8.10. The Bertz CT molecular complexity index is 478. The van der Waals surface area contributed by atoms with E-state index in [0.29, 0.717) is 17.6 Å². The van der Waals surface area contributed by atoms with E-state index in [2.05, 4.69) is 31.2 Å². The Balaban J connectivity index is 2.72. The van der Waals surface area contributed by atoms with E-state index >= 15 is 0 Å². The number of carbonyl (C=O) groups is 1. The van der Waals surface area contributed by atoms with Gasteiger partial charge >= 0.3 is 0 Å². The van der Waals surface area contributed by atoms with Crippen molar-refractivity contribution in [2.75, 3.05) is 6.54 Å². The molecular formula is C15H24ClN3O. The van der Waals surface area contributed by atoms with E-state index in [0.717, 1.165) is 30.6 Å². The number of nitrogens with one attached hydrogen (secondary N) is 1. The van der Waals surface area contributed by atoms with Crippen LogP contribution in [0.5, 0.6) is 0 Å². The van der Waals surface area contributed by atoms with Crippen molar-refractivity contribution < 1.29 is 4.79 Å². The summed E-state index contributed by atoms with van der Waals surface area (Å²) in [7, 11) is 0. The van der Waals surface area contributed by atoms with Crippen molar-refractivity contribution in [3.63, 3.8) is 0 Å². The van der Waals surface area contributed by atoms with Gasteiger partial charge in [-0.2, -0.15) is 5.10 Å². The first-order valence-electron chi connectivity index (χ1n) is 7.14. The molecule has 0 unspecified atom stereocenters. The monoisotopic (exact) mass is 297 g/mol. The number of aryl methyl sites for hydroxylation is 1. The second-order valence-corrected chi connectivity index (χ2v) is 5.70. The van der Waals surface area contributed by atoms with Gasteiger partial charge in [-0.1, -0.05) is 38.8 Å². The van der Waals surface area contributed by atoms with E-state index in [1.165, 1.54) is 6.08 Å². The minimum Gasteiger partial charge on any atom is -0.353 e. The fourth-order valence-corrected chi connectivity index (χ4v) is 2.14. The lowest BCUT2D eigenvalue weighted by Crippen LogP contribution is -2.21. The SMILES string of the molecule is CCCCNC(=O)C=Cc1c(C)nn(CC(C)C)c1Cl. The van der Waals surface area contributed by atoms with Crippen LogP contribution in [0.25, 0.3) is 6.08 Å². The van der Waals surface area contributed by atoms with E-state index in [9.17, 15) is 4.79 Å². The molecule has 0 bridgehead atoms. The number of hydrogen-bond acceptors (Lipinski definition) is 2. The first-order chi connectivity index (χ1) is 9.45. The van der Waals surface area contributed by atoms with Crippen LogP contribution < -0.4 is 5.32 Å². The van der Waals surface area contributed by atoms with E-state index in [-0.39, 0.29) is 5.91 Å². The van der Waals surface area contributed by atoms with E-state index < -0.39 is 0 Å². The van der Waals surface area contributed by atoms with Gasteiger partial charge in [0.05, 0.1) is 5.69 Å². The van der Waals surface area contributed by atoms with Crippen LogP contribution in [0.3, 0.4) is 0 Å². The van der Waals surface area contributed by atoms with Crippen LogP contribution >= 0.6 is 11.6 Å². The summed E-state index contributed by atoms with van der Waals surface area (Å²) in [6.07, 6.45) is 5.32. The van der Waals surface area contributed by atoms with E-state index in [1.807, 2.05) is 6.92 Å². The molecule has 0 fully saturated rings. The number of halogens is 1. The van der Waals surface area contributed by atoms with Gasteiger partial charge in [0.2, 0.25) is 5.91 Å². The van der Waals surface area contributed by atoms with Crippen molar-refractivity contribution in [1.29, 1.82) is 0 Å². The van der Waals surface area contributed by atoms with Gasteiger partial charge in [-0.15, -0.1) is 0 Å². The van der Waals surface area contributed by atoms with Gasteiger partial charge < -0.3 is 5.32 Å². The molecule has 1 amide bonds. The van der Waals surface area contributed by atoms with Crippen LogP contribution in [0.2, 0.25) is 5.15 Å². The third-order valence-electron chi connectivity index (χ3n) is 2.88. The summed E-state index contributed by atoms with van der Waals surface area (Å²) in [5, 5.41) is 7.83. The number of hydrogen-bond donors (Lipinski definition) is 1. The lowest BCUT2D eigenvalue weighted by atomic mass is 10.2. The Morgan fingerprint density at radius 3 is 2.80 bits per heavy atom. The summed E-state index contributed by atoms with van der Waals surface area (Å²) in [6, 6.07) is 0. The van der Waals surface area contributed by atoms with Gasteiger partial charge in [-0.05, 0) is 25.3 Å². The maximum Gasteiger partial charge on any atom is 0.244 e. The summed E-state index contributed by atoms with van der Waals surface area (Å²) in [6.45, 7) is 9.70. The van der Waals surface area contributed by atoms with Gasteiger partial charge in [0.25, 0.3) is 0 Å². The highest BCUT2D eigenvalue weighted by atomic mass is 35.5. The zero-order valence-corrected chi connectivity index (χ0v) is 13.5. The molecule has 0 aliphatic heterocycles. The molecule has 1 heterocycles. The molecule has 0 saturated heterocycles. The number of aromatic nitrogens is 2. The lowest BCUT2D eigenvalue weighted by Gasteiger charge is -2.05. The normalized spacial score (nSPS) is 11.5. The topological polar surface area (TPSA) is 46.9 Å². The summed E-state index contributed by atoms with van der Waals surface area (Å²) >= 11 is 6.30. The summed E-state index contributed by atoms with van der Waals surface area (Å²) < 4.78 is 1.79. The second-order valence-electron chi connectivity index (χ2n) is 5.34. The van der Waals surface area contributed by atoms with Crippen molar-refractivity contribution in [1.82, 2.24) is 15.1 Å². The number of rotatable bonds is 7. The van der Waals surface area contributed by atoms with Crippen LogP contribution in [0.1, 0.15) is 44.9 Å². The molecule has 0 atom stereocenters. The molecule has 112 valence electrons. The Hall–Kier alpha value is -1.29. The molecule has 0 aromatic carbocycles. The Morgan fingerprint density at radius 2 is 2.20 bits per heavy atom. The predicted molar refractivity (Wildman–Crippen MR) is 83.8 cm³/mol. The highest BCUT2D eigenvalue weighted by Crippen LogP contribution is 2.22. The zero-order chi connectivity index (χ0) is 15.1. The maximum absolute atomic E-state index is 11.6. The van der Waals surface area contributed by atoms with Crippen molar-refractivity contribution in [2.45, 2.75) is 47.1 Å². The Morgan fingerprint density at radius 1 is 1.50 bits per heavy atom. The summed E-state index contributed by atoms with van der Waals surface area (Å²) in [4.78, 5) is 11.6. The lowest BCUT2D eigenvalue weighted by molar-refractivity contribution is -0.116. The van der Waals surface area contributed by atoms with Gasteiger partial charge in [0.1, 0.15) is 5.15 Å². The first-order valence-corrected chi connectivity index (χ1v) is 7.52. The van der Waals surface area contributed by atoms with Gasteiger partial charge in [-0.3, -0.25) is 9.48 Å². The number of nitrogens with zero attached hydrogens (tertiary/aromatic N) is 2. The van der Waals surface area contributed by atoms with Crippen LogP contribution in [-0.2, 0) is 11.3 Å². The van der Waals surface area contributed by atoms with Crippen molar-refractivity contribution in [3.05, 3.63) is 22.5 Å². The third kappa shape index (κ3) is 5.00. The standard InChI is InChI=1S/C15H24ClN3O/c1-5-6-9-17-14(20)8-7-13-12(4)18-19(15(13)16)10-11(2)3/h7-8,11H,5-6,9-10H2,1-4H3,(H,17,20). The molecule has 0 radical (unpaired) electrons. The van der Waals surface area contributed by atoms with E-state index in [1.54, 1.807) is 10.8 Å². The molecule has 0 aliphatic rings. The molecule has 0 aliphatic carbocycles. The minimum absolute atomic E-state index is 0.0921. The number of carbonyl (C=O) groups excluding carboxylic acids is 1. The smallest absolute Gasteiger partial charge is 0.244 e. The summed E-state index contributed by atoms with van der Waals surface area (Å²) in [5.74, 6) is 0.381. The van der Waals surface area contributed by atoms with Crippen molar-refractivity contribution in [3.8, 4) is 0 Å². The fourth-order valence-electron chi connectivity index (χ4n) is 1.83. The highest BCUT2D eigenvalue weighted by Gasteiger charge is 2.12. The Labute approximate surface area is 126 Å². The molecular weight excluding hydrogens is 274 g/mol. The molecule has 0 saturated carbocycles. The van der Waals surface area contributed by atoms with Gasteiger partial charge in [-0.25, -0.2) is 0 Å². The quantitative estimate of drug-likeness (QED) is 0.619. The maximum atomic E-state index is 11.6. The molecule has 1 N–H and O–H groups in total. The third-order valence-corrected chi connectivity index (χ3v) is 3.28. The molecule has 0 spiro atoms. The molecule has 1 aromatic rings. The predicted octanol–water partition coefficient (Wildman–Crippen LogP) is 3.43. The van der Waals surface area contributed by atoms with Crippen molar-refractivity contribution >= 4 is 23.6 Å². The van der Waals surface area contributed by atoms with Crippen molar-refractivity contribution in [2.24, 2.45) is 5.92 Å². The molecule has 20 heavy (non-hydrogen) atoms. The largest absolute Gasteiger partial charge is 0.353 e. The van der Waals surface area contributed by atoms with Crippen LogP contribution in [0.4, 0.5) is 0 Å². The first kappa shape index (κ1) is 16.8. The van der Waals surface area contributed by atoms with Gasteiger partial charge in [0.15, 0.2) is 0 Å². The fraction of sp³-hybridized carbons (Fsp3) is 0.600. The molecule has 5 heteroatoms. The van der Waals surface area contributed by atoms with Crippen LogP contribution in [0, 0.1) is 12.8 Å². The number of unbranched alkanes of at least 4 members (excludes halogenated alkanes) is 1. The van der Waals surface area contributed by atoms with Crippen LogP contribution in [-0.4, -0.2) is 22.2 Å². The van der Waals surface area contributed by atoms with E-state index in [4.69, 9.17) is 11.6 Å².